The van der Waals surface area contributed by atoms with Crippen molar-refractivity contribution < 1.29 is 4.79 Å². The van der Waals surface area contributed by atoms with Crippen LogP contribution >= 0.6 is 27.5 Å². The number of rotatable bonds is 1. The van der Waals surface area contributed by atoms with Crippen LogP contribution in [0.2, 0.25) is 0 Å². The Labute approximate surface area is 82.1 Å². The van der Waals surface area contributed by atoms with E-state index in [-0.39, 0.29) is 5.69 Å². The van der Waals surface area contributed by atoms with Crippen molar-refractivity contribution in [3.8, 4) is 6.07 Å². The largest absolute Gasteiger partial charge is 0.274 e. The Morgan fingerprint density at radius 1 is 1.67 bits per heavy atom. The molecule has 0 saturated carbocycles. The van der Waals surface area contributed by atoms with Gasteiger partial charge in [-0.25, -0.2) is 4.98 Å². The lowest BCUT2D eigenvalue weighted by atomic mass is 10.2. The highest BCUT2D eigenvalue weighted by molar-refractivity contribution is 9.10. The lowest BCUT2D eigenvalue weighted by molar-refractivity contribution is 0.107. The van der Waals surface area contributed by atoms with E-state index in [1.165, 1.54) is 12.1 Å². The van der Waals surface area contributed by atoms with Crippen LogP contribution in [0.4, 0.5) is 0 Å². The third-order valence-electron chi connectivity index (χ3n) is 1.12. The standard InChI is InChI=1S/C7H2BrClN2O/c8-6-2-4(3-10)1-5(11-6)7(9)12/h1-2H. The van der Waals surface area contributed by atoms with Gasteiger partial charge in [-0.1, -0.05) is 0 Å². The van der Waals surface area contributed by atoms with E-state index >= 15 is 0 Å². The fourth-order valence-electron chi connectivity index (χ4n) is 0.662. The average Bonchev–Trinajstić information content (AvgIpc) is 2.03. The lowest BCUT2D eigenvalue weighted by Gasteiger charge is -1.94. The molecule has 0 N–H and O–H groups in total. The monoisotopic (exact) mass is 244 g/mol. The minimum Gasteiger partial charge on any atom is -0.274 e. The van der Waals surface area contributed by atoms with E-state index in [1.54, 1.807) is 0 Å². The molecule has 0 aliphatic heterocycles. The molecule has 0 saturated heterocycles. The first-order valence-electron chi connectivity index (χ1n) is 2.91. The van der Waals surface area contributed by atoms with Crippen LogP contribution in [0.5, 0.6) is 0 Å². The van der Waals surface area contributed by atoms with Crippen molar-refractivity contribution in [2.75, 3.05) is 0 Å². The number of hydrogen-bond acceptors (Lipinski definition) is 3. The summed E-state index contributed by atoms with van der Waals surface area (Å²) in [5.74, 6) is 0. The summed E-state index contributed by atoms with van der Waals surface area (Å²) < 4.78 is 0.422. The zero-order chi connectivity index (χ0) is 9.14. The lowest BCUT2D eigenvalue weighted by Crippen LogP contribution is -1.95. The number of nitriles is 1. The highest BCUT2D eigenvalue weighted by atomic mass is 79.9. The Kier molecular flexibility index (Phi) is 2.79. The maximum Gasteiger partial charge on any atom is 0.270 e. The quantitative estimate of drug-likeness (QED) is 0.562. The summed E-state index contributed by atoms with van der Waals surface area (Å²) in [6.45, 7) is 0. The van der Waals surface area contributed by atoms with Crippen molar-refractivity contribution >= 4 is 32.8 Å². The number of nitrogens with zero attached hydrogens (tertiary/aromatic N) is 2. The number of halogens is 2. The van der Waals surface area contributed by atoms with Gasteiger partial charge in [-0.15, -0.1) is 0 Å². The van der Waals surface area contributed by atoms with Gasteiger partial charge in [0.15, 0.2) is 0 Å². The minimum absolute atomic E-state index is 0.0718. The molecule has 12 heavy (non-hydrogen) atoms. The average molecular weight is 245 g/mol. The van der Waals surface area contributed by atoms with E-state index in [2.05, 4.69) is 20.9 Å². The van der Waals surface area contributed by atoms with E-state index < -0.39 is 5.24 Å². The molecule has 0 spiro atoms. The van der Waals surface area contributed by atoms with Gasteiger partial charge >= 0.3 is 0 Å². The van der Waals surface area contributed by atoms with Gasteiger partial charge in [0.05, 0.1) is 11.6 Å². The summed E-state index contributed by atoms with van der Waals surface area (Å²) in [4.78, 5) is 14.4. The molecule has 0 fully saturated rings. The molecular weight excluding hydrogens is 243 g/mol. The molecule has 1 aromatic heterocycles. The highest BCUT2D eigenvalue weighted by Crippen LogP contribution is 2.12. The Hall–Kier alpha value is -0.920. The van der Waals surface area contributed by atoms with Crippen molar-refractivity contribution in [3.05, 3.63) is 28.0 Å². The third kappa shape index (κ3) is 2.03. The van der Waals surface area contributed by atoms with Gasteiger partial charge in [0.2, 0.25) is 0 Å². The SMILES string of the molecule is N#Cc1cc(Br)nc(C(=O)Cl)c1. The molecule has 1 heterocycles. The molecule has 0 amide bonds. The summed E-state index contributed by atoms with van der Waals surface area (Å²) in [6, 6.07) is 4.72. The molecule has 0 unspecified atom stereocenters. The molecule has 5 heteroatoms. The van der Waals surface area contributed by atoms with E-state index in [4.69, 9.17) is 16.9 Å². The van der Waals surface area contributed by atoms with Gasteiger partial charge in [-0.2, -0.15) is 5.26 Å². The Bertz CT molecular complexity index is 372. The molecule has 60 valence electrons. The normalized spacial score (nSPS) is 9.08. The number of carbonyl (C=O) groups is 1. The first kappa shape index (κ1) is 9.17. The maximum atomic E-state index is 10.6. The van der Waals surface area contributed by atoms with Crippen molar-refractivity contribution in [1.82, 2.24) is 4.98 Å². The third-order valence-corrected chi connectivity index (χ3v) is 1.72. The molecule has 1 aromatic rings. The zero-order valence-electron chi connectivity index (χ0n) is 5.71. The molecule has 0 aliphatic rings. The van der Waals surface area contributed by atoms with Crippen molar-refractivity contribution in [1.29, 1.82) is 5.26 Å². The van der Waals surface area contributed by atoms with Crippen LogP contribution < -0.4 is 0 Å². The van der Waals surface area contributed by atoms with Gasteiger partial charge in [0, 0.05) is 0 Å². The summed E-state index contributed by atoms with van der Waals surface area (Å²) in [5, 5.41) is 7.84. The van der Waals surface area contributed by atoms with E-state index in [0.29, 0.717) is 10.2 Å². The first-order chi connectivity index (χ1) is 5.63. The van der Waals surface area contributed by atoms with E-state index in [1.807, 2.05) is 6.07 Å². The molecule has 0 aromatic carbocycles. The van der Waals surface area contributed by atoms with E-state index in [0.717, 1.165) is 0 Å². The molecule has 0 atom stereocenters. The van der Waals surface area contributed by atoms with Gasteiger partial charge in [-0.05, 0) is 39.7 Å². The van der Waals surface area contributed by atoms with Gasteiger partial charge in [0.25, 0.3) is 5.24 Å². The second kappa shape index (κ2) is 3.65. The Morgan fingerprint density at radius 3 is 2.83 bits per heavy atom. The summed E-state index contributed by atoms with van der Waals surface area (Å²) in [5.41, 5.74) is 0.420. The van der Waals surface area contributed by atoms with Gasteiger partial charge in [0.1, 0.15) is 10.3 Å². The predicted molar refractivity (Wildman–Crippen MR) is 46.8 cm³/mol. The van der Waals surface area contributed by atoms with Crippen LogP contribution in [0.15, 0.2) is 16.7 Å². The smallest absolute Gasteiger partial charge is 0.270 e. The molecule has 3 nitrogen and oxygen atoms in total. The predicted octanol–water partition coefficient (Wildman–Crippen LogP) is 2.09. The van der Waals surface area contributed by atoms with Gasteiger partial charge in [-0.3, -0.25) is 4.79 Å². The molecule has 0 bridgehead atoms. The number of pyridine rings is 1. The second-order valence-electron chi connectivity index (χ2n) is 1.95. The molecule has 1 rings (SSSR count). The van der Waals surface area contributed by atoms with Gasteiger partial charge < -0.3 is 0 Å². The summed E-state index contributed by atoms with van der Waals surface area (Å²) in [6.07, 6.45) is 0. The van der Waals surface area contributed by atoms with Crippen molar-refractivity contribution in [2.24, 2.45) is 0 Å². The molecule has 0 radical (unpaired) electrons. The van der Waals surface area contributed by atoms with Crippen molar-refractivity contribution in [2.45, 2.75) is 0 Å². The number of aromatic nitrogens is 1. The Morgan fingerprint density at radius 2 is 2.33 bits per heavy atom. The topological polar surface area (TPSA) is 53.8 Å². The number of hydrogen-bond donors (Lipinski definition) is 0. The van der Waals surface area contributed by atoms with Crippen molar-refractivity contribution in [3.63, 3.8) is 0 Å². The van der Waals surface area contributed by atoms with Crippen LogP contribution in [-0.2, 0) is 0 Å². The Balaban J connectivity index is 3.26. The second-order valence-corrected chi connectivity index (χ2v) is 3.11. The molecule has 0 aliphatic carbocycles. The van der Waals surface area contributed by atoms with Crippen LogP contribution in [-0.4, -0.2) is 10.2 Å². The zero-order valence-corrected chi connectivity index (χ0v) is 8.06. The van der Waals surface area contributed by atoms with Crippen LogP contribution in [0.25, 0.3) is 0 Å². The highest BCUT2D eigenvalue weighted by Gasteiger charge is 2.06. The first-order valence-corrected chi connectivity index (χ1v) is 4.08. The van der Waals surface area contributed by atoms with Crippen LogP contribution in [0, 0.1) is 11.3 Å². The maximum absolute atomic E-state index is 10.6. The fraction of sp³-hybridized carbons (Fsp3) is 0. The summed E-state index contributed by atoms with van der Waals surface area (Å²) >= 11 is 8.22. The summed E-state index contributed by atoms with van der Waals surface area (Å²) in [7, 11) is 0. The van der Waals surface area contributed by atoms with E-state index in [9.17, 15) is 4.79 Å². The fourth-order valence-corrected chi connectivity index (χ4v) is 1.20. The molecular formula is C7H2BrClN2O. The van der Waals surface area contributed by atoms with Crippen LogP contribution in [0.1, 0.15) is 16.1 Å². The number of carbonyl (C=O) groups excluding carboxylic acids is 1. The minimum atomic E-state index is -0.673. The van der Waals surface area contributed by atoms with Crippen LogP contribution in [0.3, 0.4) is 0 Å².